The van der Waals surface area contributed by atoms with E-state index in [4.69, 9.17) is 0 Å². The Kier molecular flexibility index (Phi) is 3.50. The van der Waals surface area contributed by atoms with Gasteiger partial charge in [0.05, 0.1) is 11.5 Å². The average molecular weight is 264 g/mol. The monoisotopic (exact) mass is 264 g/mol. The number of hydrogen-bond donors (Lipinski definition) is 1. The summed E-state index contributed by atoms with van der Waals surface area (Å²) in [7, 11) is 0. The Morgan fingerprint density at radius 3 is 2.82 bits per heavy atom. The van der Waals surface area contributed by atoms with E-state index >= 15 is 0 Å². The molecule has 0 amide bonds. The van der Waals surface area contributed by atoms with Crippen LogP contribution >= 0.6 is 11.3 Å². The third-order valence-corrected chi connectivity index (χ3v) is 4.13. The summed E-state index contributed by atoms with van der Waals surface area (Å²) in [4.78, 5) is 0. The molecule has 0 aromatic carbocycles. The topological polar surface area (TPSA) is 20.2 Å². The van der Waals surface area contributed by atoms with Gasteiger partial charge in [-0.25, -0.2) is 0 Å². The maximum absolute atomic E-state index is 12.7. The molecule has 1 aliphatic carbocycles. The summed E-state index contributed by atoms with van der Waals surface area (Å²) < 4.78 is 38.0. The molecule has 1 heterocycles. The van der Waals surface area contributed by atoms with E-state index in [2.05, 4.69) is 0 Å². The van der Waals surface area contributed by atoms with Gasteiger partial charge in [0.2, 0.25) is 0 Å². The van der Waals surface area contributed by atoms with E-state index in [0.29, 0.717) is 19.3 Å². The molecule has 1 saturated carbocycles. The largest absolute Gasteiger partial charge is 0.391 e. The van der Waals surface area contributed by atoms with Crippen LogP contribution in [0.5, 0.6) is 0 Å². The summed E-state index contributed by atoms with van der Waals surface area (Å²) in [5, 5.41) is 14.0. The first-order chi connectivity index (χ1) is 7.89. The van der Waals surface area contributed by atoms with Crippen LogP contribution in [0, 0.1) is 5.92 Å². The van der Waals surface area contributed by atoms with Crippen molar-refractivity contribution in [2.24, 2.45) is 5.92 Å². The molecule has 0 aliphatic heterocycles. The van der Waals surface area contributed by atoms with E-state index in [1.54, 1.807) is 0 Å². The minimum atomic E-state index is -4.18. The summed E-state index contributed by atoms with van der Waals surface area (Å²) in [6, 6.07) is 1.86. The molecule has 0 spiro atoms. The molecule has 0 radical (unpaired) electrons. The van der Waals surface area contributed by atoms with E-state index < -0.39 is 17.7 Å². The van der Waals surface area contributed by atoms with Gasteiger partial charge >= 0.3 is 6.18 Å². The SMILES string of the molecule is OC1(Cc2ccsc2)CCCC(C(F)(F)F)C1. The second-order valence-electron chi connectivity index (χ2n) is 4.87. The van der Waals surface area contributed by atoms with Crippen molar-refractivity contribution >= 4 is 11.3 Å². The Labute approximate surface area is 102 Å². The Balaban J connectivity index is 2.05. The van der Waals surface area contributed by atoms with E-state index in [-0.39, 0.29) is 12.8 Å². The zero-order valence-corrected chi connectivity index (χ0v) is 10.2. The van der Waals surface area contributed by atoms with Crippen LogP contribution in [0.3, 0.4) is 0 Å². The van der Waals surface area contributed by atoms with Gasteiger partial charge in [0.1, 0.15) is 0 Å². The van der Waals surface area contributed by atoms with Crippen LogP contribution in [0.2, 0.25) is 0 Å². The Bertz CT molecular complexity index is 360. The lowest BCUT2D eigenvalue weighted by Gasteiger charge is -2.37. The van der Waals surface area contributed by atoms with Crippen LogP contribution in [0.1, 0.15) is 31.2 Å². The number of thiophene rings is 1. The van der Waals surface area contributed by atoms with Crippen molar-refractivity contribution in [3.8, 4) is 0 Å². The van der Waals surface area contributed by atoms with Gasteiger partial charge in [-0.2, -0.15) is 24.5 Å². The Hall–Kier alpha value is -0.550. The first-order valence-corrected chi connectivity index (χ1v) is 6.63. The predicted molar refractivity (Wildman–Crippen MR) is 61.0 cm³/mol. The van der Waals surface area contributed by atoms with Gasteiger partial charge in [-0.15, -0.1) is 0 Å². The quantitative estimate of drug-likeness (QED) is 0.862. The summed E-state index contributed by atoms with van der Waals surface area (Å²) in [6.07, 6.45) is -2.94. The molecule has 0 saturated heterocycles. The predicted octanol–water partition coefficient (Wildman–Crippen LogP) is 3.77. The first kappa shape index (κ1) is 12.9. The van der Waals surface area contributed by atoms with E-state index in [1.807, 2.05) is 16.8 Å². The molecule has 1 aromatic heterocycles. The number of rotatable bonds is 2. The minimum absolute atomic E-state index is 0.148. The molecular formula is C12H15F3OS. The minimum Gasteiger partial charge on any atom is -0.390 e. The fourth-order valence-electron chi connectivity index (χ4n) is 2.55. The molecule has 17 heavy (non-hydrogen) atoms. The highest BCUT2D eigenvalue weighted by molar-refractivity contribution is 7.07. The van der Waals surface area contributed by atoms with Gasteiger partial charge in [0.25, 0.3) is 0 Å². The molecule has 1 fully saturated rings. The number of hydrogen-bond acceptors (Lipinski definition) is 2. The number of aliphatic hydroxyl groups is 1. The van der Waals surface area contributed by atoms with Crippen molar-refractivity contribution in [1.29, 1.82) is 0 Å². The van der Waals surface area contributed by atoms with E-state index in [1.165, 1.54) is 11.3 Å². The highest BCUT2D eigenvalue weighted by Gasteiger charge is 2.46. The Morgan fingerprint density at radius 1 is 1.47 bits per heavy atom. The smallest absolute Gasteiger partial charge is 0.390 e. The van der Waals surface area contributed by atoms with Crippen molar-refractivity contribution < 1.29 is 18.3 Å². The zero-order valence-electron chi connectivity index (χ0n) is 9.33. The maximum atomic E-state index is 12.7. The summed E-state index contributed by atoms with van der Waals surface area (Å²) in [5.41, 5.74) is -0.250. The lowest BCUT2D eigenvalue weighted by atomic mass is 9.75. The van der Waals surface area contributed by atoms with Crippen LogP contribution in [-0.2, 0) is 6.42 Å². The van der Waals surface area contributed by atoms with Crippen LogP contribution in [0.4, 0.5) is 13.2 Å². The molecular weight excluding hydrogens is 249 g/mol. The third-order valence-electron chi connectivity index (χ3n) is 3.40. The van der Waals surface area contributed by atoms with Crippen LogP contribution in [0.15, 0.2) is 16.8 Å². The highest BCUT2D eigenvalue weighted by Crippen LogP contribution is 2.42. The lowest BCUT2D eigenvalue weighted by molar-refractivity contribution is -0.200. The highest BCUT2D eigenvalue weighted by atomic mass is 32.1. The molecule has 2 rings (SSSR count). The van der Waals surface area contributed by atoms with Crippen LogP contribution in [0.25, 0.3) is 0 Å². The van der Waals surface area contributed by atoms with Gasteiger partial charge in [-0.3, -0.25) is 0 Å². The van der Waals surface area contributed by atoms with Crippen molar-refractivity contribution in [2.75, 3.05) is 0 Å². The molecule has 2 atom stereocenters. The van der Waals surface area contributed by atoms with Gasteiger partial charge in [0.15, 0.2) is 0 Å². The Morgan fingerprint density at radius 2 is 2.24 bits per heavy atom. The van der Waals surface area contributed by atoms with E-state index in [0.717, 1.165) is 5.56 Å². The van der Waals surface area contributed by atoms with Gasteiger partial charge in [-0.05, 0) is 48.1 Å². The normalized spacial score (nSPS) is 30.5. The van der Waals surface area contributed by atoms with E-state index in [9.17, 15) is 18.3 Å². The lowest BCUT2D eigenvalue weighted by Crippen LogP contribution is -2.41. The van der Waals surface area contributed by atoms with Gasteiger partial charge in [-0.1, -0.05) is 0 Å². The van der Waals surface area contributed by atoms with Crippen LogP contribution < -0.4 is 0 Å². The van der Waals surface area contributed by atoms with Crippen molar-refractivity contribution in [2.45, 2.75) is 43.9 Å². The molecule has 1 aliphatic rings. The molecule has 96 valence electrons. The van der Waals surface area contributed by atoms with Crippen molar-refractivity contribution in [3.63, 3.8) is 0 Å². The van der Waals surface area contributed by atoms with Gasteiger partial charge in [0, 0.05) is 6.42 Å². The molecule has 0 bridgehead atoms. The van der Waals surface area contributed by atoms with Crippen LogP contribution in [-0.4, -0.2) is 16.9 Å². The number of alkyl halides is 3. The molecule has 1 N–H and O–H groups in total. The second-order valence-corrected chi connectivity index (χ2v) is 5.65. The maximum Gasteiger partial charge on any atom is 0.391 e. The third kappa shape index (κ3) is 3.22. The second kappa shape index (κ2) is 4.61. The summed E-state index contributed by atoms with van der Waals surface area (Å²) >= 11 is 1.50. The fraction of sp³-hybridized carbons (Fsp3) is 0.667. The average Bonchev–Trinajstić information content (AvgIpc) is 2.68. The molecule has 2 unspecified atom stereocenters. The summed E-state index contributed by atoms with van der Waals surface area (Å²) in [6.45, 7) is 0. The van der Waals surface area contributed by atoms with Gasteiger partial charge < -0.3 is 5.11 Å². The standard InChI is InChI=1S/C12H15F3OS/c13-12(14,15)10-2-1-4-11(16,7-10)6-9-3-5-17-8-9/h3,5,8,10,16H,1-2,4,6-7H2. The molecule has 1 nitrogen and oxygen atoms in total. The molecule has 1 aromatic rings. The van der Waals surface area contributed by atoms with Crippen molar-refractivity contribution in [1.82, 2.24) is 0 Å². The van der Waals surface area contributed by atoms with Crippen molar-refractivity contribution in [3.05, 3.63) is 22.4 Å². The summed E-state index contributed by atoms with van der Waals surface area (Å²) in [5.74, 6) is -1.35. The first-order valence-electron chi connectivity index (χ1n) is 5.69. The molecule has 5 heteroatoms. The number of halogens is 3. The fourth-order valence-corrected chi connectivity index (χ4v) is 3.22. The zero-order chi connectivity index (χ0) is 12.5.